The number of nitrogens with one attached hydrogen (secondary N) is 2. The summed E-state index contributed by atoms with van der Waals surface area (Å²) in [5, 5.41) is 5.50. The molecule has 0 aliphatic heterocycles. The average Bonchev–Trinajstić information content (AvgIpc) is 3.44. The fourth-order valence-electron chi connectivity index (χ4n) is 3.41. The van der Waals surface area contributed by atoms with Crippen molar-refractivity contribution in [3.8, 4) is 11.5 Å². The van der Waals surface area contributed by atoms with Crippen molar-refractivity contribution in [1.82, 2.24) is 0 Å². The van der Waals surface area contributed by atoms with E-state index in [1.807, 2.05) is 42.5 Å². The van der Waals surface area contributed by atoms with Crippen LogP contribution in [0.25, 0.3) is 0 Å². The molecule has 0 fully saturated rings. The van der Waals surface area contributed by atoms with E-state index in [0.29, 0.717) is 27.9 Å². The molecule has 0 aliphatic rings. The van der Waals surface area contributed by atoms with Crippen molar-refractivity contribution in [2.45, 2.75) is 10.1 Å². The number of methoxy groups -OCH3 is 2. The van der Waals surface area contributed by atoms with Crippen LogP contribution in [-0.2, 0) is 4.79 Å². The Labute approximate surface area is 217 Å². The van der Waals surface area contributed by atoms with Crippen LogP contribution in [0.1, 0.15) is 21.4 Å². The summed E-state index contributed by atoms with van der Waals surface area (Å²) >= 11 is 7.66. The van der Waals surface area contributed by atoms with E-state index in [4.69, 9.17) is 25.5 Å². The third kappa shape index (κ3) is 6.02. The quantitative estimate of drug-likeness (QED) is 0.238. The molecule has 184 valence electrons. The van der Waals surface area contributed by atoms with Gasteiger partial charge >= 0.3 is 0 Å². The molecule has 1 heterocycles. The van der Waals surface area contributed by atoms with Crippen molar-refractivity contribution < 1.29 is 23.5 Å². The lowest BCUT2D eigenvalue weighted by Gasteiger charge is -2.19. The van der Waals surface area contributed by atoms with Crippen LogP contribution in [0.5, 0.6) is 11.5 Å². The van der Waals surface area contributed by atoms with Crippen LogP contribution in [0.3, 0.4) is 0 Å². The van der Waals surface area contributed by atoms with Crippen molar-refractivity contribution in [1.29, 1.82) is 0 Å². The molecule has 7 nitrogen and oxygen atoms in total. The SMILES string of the molecule is COc1cc(OC)c(NC(=O)C(Sc2ccc(NC(=O)c3ccco3)cc2)c2ccccc2)cc1Cl. The first-order valence-corrected chi connectivity index (χ1v) is 12.1. The standard InChI is InChI=1S/C27H23ClN2O5S/c1-33-23-16-24(34-2)21(15-20(23)28)30-27(32)25(17-7-4-3-5-8-17)36-19-12-10-18(11-13-19)29-26(31)22-9-6-14-35-22/h3-16,25H,1-2H3,(H,29,31)(H,30,32). The Hall–Kier alpha value is -3.88. The number of furan rings is 1. The Kier molecular flexibility index (Phi) is 8.20. The van der Waals surface area contributed by atoms with Crippen LogP contribution in [0.2, 0.25) is 5.02 Å². The third-order valence-corrected chi connectivity index (χ3v) is 6.74. The van der Waals surface area contributed by atoms with Crippen molar-refractivity contribution in [3.05, 3.63) is 101 Å². The van der Waals surface area contributed by atoms with E-state index in [-0.39, 0.29) is 17.6 Å². The van der Waals surface area contributed by atoms with E-state index in [9.17, 15) is 9.59 Å². The monoisotopic (exact) mass is 522 g/mol. The second-order valence-electron chi connectivity index (χ2n) is 7.54. The zero-order chi connectivity index (χ0) is 25.5. The largest absolute Gasteiger partial charge is 0.495 e. The summed E-state index contributed by atoms with van der Waals surface area (Å²) in [6.07, 6.45) is 1.44. The number of halogens is 1. The molecule has 0 radical (unpaired) electrons. The van der Waals surface area contributed by atoms with Gasteiger partial charge in [-0.25, -0.2) is 0 Å². The van der Waals surface area contributed by atoms with Crippen molar-refractivity contribution >= 4 is 46.6 Å². The number of carbonyl (C=O) groups excluding carboxylic acids is 2. The van der Waals surface area contributed by atoms with E-state index >= 15 is 0 Å². The minimum atomic E-state index is -0.569. The molecule has 4 rings (SSSR count). The van der Waals surface area contributed by atoms with Gasteiger partial charge in [-0.3, -0.25) is 9.59 Å². The zero-order valence-corrected chi connectivity index (χ0v) is 21.1. The van der Waals surface area contributed by atoms with Crippen molar-refractivity contribution in [3.63, 3.8) is 0 Å². The van der Waals surface area contributed by atoms with Gasteiger partial charge in [0.2, 0.25) is 5.91 Å². The number of ether oxygens (including phenoxy) is 2. The molecule has 4 aromatic rings. The van der Waals surface area contributed by atoms with E-state index in [0.717, 1.165) is 10.5 Å². The molecule has 0 saturated carbocycles. The Morgan fingerprint density at radius 3 is 2.25 bits per heavy atom. The Balaban J connectivity index is 1.54. The van der Waals surface area contributed by atoms with E-state index in [1.54, 1.807) is 36.4 Å². The lowest BCUT2D eigenvalue weighted by atomic mass is 10.1. The number of hydrogen-bond donors (Lipinski definition) is 2. The smallest absolute Gasteiger partial charge is 0.291 e. The van der Waals surface area contributed by atoms with Gasteiger partial charge in [-0.1, -0.05) is 41.9 Å². The van der Waals surface area contributed by atoms with E-state index < -0.39 is 5.25 Å². The van der Waals surface area contributed by atoms with E-state index in [2.05, 4.69) is 10.6 Å². The van der Waals surface area contributed by atoms with Gasteiger partial charge in [-0.05, 0) is 48.0 Å². The molecule has 2 amide bonds. The summed E-state index contributed by atoms with van der Waals surface area (Å²) in [6, 6.07) is 23.2. The predicted molar refractivity (Wildman–Crippen MR) is 141 cm³/mol. The summed E-state index contributed by atoms with van der Waals surface area (Å²) in [4.78, 5) is 26.5. The number of thioether (sulfide) groups is 1. The average molecular weight is 523 g/mol. The number of anilines is 2. The topological polar surface area (TPSA) is 89.8 Å². The van der Waals surface area contributed by atoms with E-state index in [1.165, 1.54) is 32.2 Å². The maximum atomic E-state index is 13.5. The second kappa shape index (κ2) is 11.7. The number of rotatable bonds is 9. The predicted octanol–water partition coefficient (Wildman–Crippen LogP) is 6.67. The summed E-state index contributed by atoms with van der Waals surface area (Å²) in [5.41, 5.74) is 1.87. The van der Waals surface area contributed by atoms with Gasteiger partial charge in [0, 0.05) is 16.6 Å². The molecule has 9 heteroatoms. The maximum Gasteiger partial charge on any atom is 0.291 e. The summed E-state index contributed by atoms with van der Waals surface area (Å²) in [5.74, 6) is 0.510. The van der Waals surface area contributed by atoms with Crippen LogP contribution in [-0.4, -0.2) is 26.0 Å². The highest BCUT2D eigenvalue weighted by molar-refractivity contribution is 8.00. The highest BCUT2D eigenvalue weighted by Gasteiger charge is 2.24. The third-order valence-electron chi connectivity index (χ3n) is 5.18. The zero-order valence-electron chi connectivity index (χ0n) is 19.5. The highest BCUT2D eigenvalue weighted by Crippen LogP contribution is 2.40. The summed E-state index contributed by atoms with van der Waals surface area (Å²) in [6.45, 7) is 0. The Bertz CT molecular complexity index is 1330. The first kappa shape index (κ1) is 25.2. The molecular weight excluding hydrogens is 500 g/mol. The van der Waals surface area contributed by atoms with Crippen LogP contribution >= 0.6 is 23.4 Å². The van der Waals surface area contributed by atoms with Gasteiger partial charge in [0.25, 0.3) is 5.91 Å². The van der Waals surface area contributed by atoms with Gasteiger partial charge in [0.1, 0.15) is 16.7 Å². The van der Waals surface area contributed by atoms with Crippen LogP contribution in [0.15, 0.2) is 94.4 Å². The lowest BCUT2D eigenvalue weighted by Crippen LogP contribution is -2.19. The molecule has 3 aromatic carbocycles. The van der Waals surface area contributed by atoms with Crippen molar-refractivity contribution in [2.75, 3.05) is 24.9 Å². The van der Waals surface area contributed by atoms with Crippen LogP contribution < -0.4 is 20.1 Å². The number of carbonyl (C=O) groups is 2. The normalized spacial score (nSPS) is 11.4. The summed E-state index contributed by atoms with van der Waals surface area (Å²) < 4.78 is 15.8. The van der Waals surface area contributed by atoms with Gasteiger partial charge in [-0.15, -0.1) is 11.8 Å². The Morgan fingerprint density at radius 1 is 0.889 bits per heavy atom. The fraction of sp³-hybridized carbons (Fsp3) is 0.111. The van der Waals surface area contributed by atoms with Crippen LogP contribution in [0.4, 0.5) is 11.4 Å². The molecule has 0 spiro atoms. The Morgan fingerprint density at radius 2 is 1.61 bits per heavy atom. The minimum Gasteiger partial charge on any atom is -0.495 e. The second-order valence-corrected chi connectivity index (χ2v) is 9.13. The van der Waals surface area contributed by atoms with Gasteiger partial charge in [0.05, 0.1) is 31.2 Å². The molecule has 1 aromatic heterocycles. The number of amides is 2. The molecule has 1 atom stereocenters. The summed E-state index contributed by atoms with van der Waals surface area (Å²) in [7, 11) is 3.02. The molecule has 1 unspecified atom stereocenters. The number of benzene rings is 3. The fourth-order valence-corrected chi connectivity index (χ4v) is 4.68. The highest BCUT2D eigenvalue weighted by atomic mass is 35.5. The first-order chi connectivity index (χ1) is 17.5. The first-order valence-electron chi connectivity index (χ1n) is 10.9. The van der Waals surface area contributed by atoms with Gasteiger partial charge in [-0.2, -0.15) is 0 Å². The number of hydrogen-bond acceptors (Lipinski definition) is 6. The molecular formula is C27H23ClN2O5S. The van der Waals surface area contributed by atoms with Gasteiger partial charge < -0.3 is 24.5 Å². The molecule has 0 bridgehead atoms. The molecule has 2 N–H and O–H groups in total. The minimum absolute atomic E-state index is 0.225. The molecule has 36 heavy (non-hydrogen) atoms. The molecule has 0 aliphatic carbocycles. The lowest BCUT2D eigenvalue weighted by molar-refractivity contribution is -0.115. The van der Waals surface area contributed by atoms with Crippen LogP contribution in [0, 0.1) is 0 Å². The van der Waals surface area contributed by atoms with Crippen molar-refractivity contribution in [2.24, 2.45) is 0 Å². The molecule has 0 saturated heterocycles. The van der Waals surface area contributed by atoms with Gasteiger partial charge in [0.15, 0.2) is 5.76 Å². The maximum absolute atomic E-state index is 13.5.